The topological polar surface area (TPSA) is 35.5 Å². The van der Waals surface area contributed by atoms with E-state index in [4.69, 9.17) is 9.47 Å². The molecule has 0 unspecified atom stereocenters. The van der Waals surface area contributed by atoms with Crippen LogP contribution in [0.25, 0.3) is 0 Å². The van der Waals surface area contributed by atoms with Crippen LogP contribution >= 0.6 is 0 Å². The maximum Gasteiger partial charge on any atom is 0.205 e. The second-order valence-electron chi connectivity index (χ2n) is 3.67. The quantitative estimate of drug-likeness (QED) is 0.792. The van der Waals surface area contributed by atoms with Gasteiger partial charge < -0.3 is 9.47 Å². The molecule has 19 heavy (non-hydrogen) atoms. The van der Waals surface area contributed by atoms with Crippen LogP contribution in [0.3, 0.4) is 0 Å². The largest absolute Gasteiger partial charge is 0.493 e. The summed E-state index contributed by atoms with van der Waals surface area (Å²) in [4.78, 5) is 10.7. The lowest BCUT2D eigenvalue weighted by Crippen LogP contribution is -1.97. The molecule has 0 saturated carbocycles. The van der Waals surface area contributed by atoms with Gasteiger partial charge in [0.2, 0.25) is 5.75 Å². The molecule has 0 amide bonds. The molecule has 2 rings (SSSR count). The van der Waals surface area contributed by atoms with Crippen molar-refractivity contribution >= 4 is 6.29 Å². The first-order valence-electron chi connectivity index (χ1n) is 5.41. The molecule has 0 saturated heterocycles. The number of carbonyl (C=O) groups is 1. The van der Waals surface area contributed by atoms with E-state index in [9.17, 15) is 13.6 Å². The Bertz CT molecular complexity index is 594. The van der Waals surface area contributed by atoms with Gasteiger partial charge in [-0.2, -0.15) is 0 Å². The van der Waals surface area contributed by atoms with Crippen LogP contribution in [0.5, 0.6) is 17.2 Å². The number of halogens is 2. The van der Waals surface area contributed by atoms with Crippen molar-refractivity contribution < 1.29 is 23.0 Å². The Labute approximate surface area is 108 Å². The van der Waals surface area contributed by atoms with E-state index in [1.807, 2.05) is 0 Å². The number of methoxy groups -OCH3 is 1. The third-order valence-electron chi connectivity index (χ3n) is 2.47. The van der Waals surface area contributed by atoms with E-state index >= 15 is 0 Å². The fourth-order valence-electron chi connectivity index (χ4n) is 1.52. The van der Waals surface area contributed by atoms with Crippen LogP contribution in [0.1, 0.15) is 10.4 Å². The Morgan fingerprint density at radius 1 is 1.05 bits per heavy atom. The minimum Gasteiger partial charge on any atom is -0.493 e. The average molecular weight is 264 g/mol. The van der Waals surface area contributed by atoms with E-state index in [0.29, 0.717) is 6.29 Å². The molecule has 5 heteroatoms. The lowest BCUT2D eigenvalue weighted by Gasteiger charge is -2.12. The summed E-state index contributed by atoms with van der Waals surface area (Å²) in [5.74, 6) is -1.08. The number of hydrogen-bond acceptors (Lipinski definition) is 3. The standard InChI is InChI=1S/C14H10F2O3/c1-18-12-7-2-9(8-17)13(16)14(12)19-11-5-3-10(15)4-6-11/h2-8H,1H3. The number of benzene rings is 2. The summed E-state index contributed by atoms with van der Waals surface area (Å²) >= 11 is 0. The van der Waals surface area contributed by atoms with Crippen LogP contribution in [0, 0.1) is 11.6 Å². The van der Waals surface area contributed by atoms with Gasteiger partial charge in [0.15, 0.2) is 17.9 Å². The van der Waals surface area contributed by atoms with E-state index in [2.05, 4.69) is 0 Å². The smallest absolute Gasteiger partial charge is 0.205 e. The van der Waals surface area contributed by atoms with E-state index in [-0.39, 0.29) is 22.8 Å². The zero-order chi connectivity index (χ0) is 13.8. The first-order chi connectivity index (χ1) is 9.15. The van der Waals surface area contributed by atoms with Crippen LogP contribution in [0.4, 0.5) is 8.78 Å². The molecule has 98 valence electrons. The zero-order valence-electron chi connectivity index (χ0n) is 10.0. The molecule has 0 aliphatic rings. The lowest BCUT2D eigenvalue weighted by atomic mass is 10.2. The van der Waals surface area contributed by atoms with Crippen molar-refractivity contribution in [1.82, 2.24) is 0 Å². The SMILES string of the molecule is COc1ccc(C=O)c(F)c1Oc1ccc(F)cc1. The number of rotatable bonds is 4. The van der Waals surface area contributed by atoms with Crippen LogP contribution in [-0.4, -0.2) is 13.4 Å². The Morgan fingerprint density at radius 3 is 2.32 bits per heavy atom. The lowest BCUT2D eigenvalue weighted by molar-refractivity contribution is 0.111. The summed E-state index contributed by atoms with van der Waals surface area (Å²) in [5, 5.41) is 0. The van der Waals surface area contributed by atoms with Gasteiger partial charge in [-0.25, -0.2) is 8.78 Å². The fourth-order valence-corrected chi connectivity index (χ4v) is 1.52. The normalized spacial score (nSPS) is 10.1. The second kappa shape index (κ2) is 5.48. The van der Waals surface area contributed by atoms with Crippen LogP contribution in [0.2, 0.25) is 0 Å². The third kappa shape index (κ3) is 2.70. The molecule has 0 bridgehead atoms. The molecule has 0 aliphatic heterocycles. The van der Waals surface area contributed by atoms with Crippen LogP contribution in [-0.2, 0) is 0 Å². The Balaban J connectivity index is 2.42. The third-order valence-corrected chi connectivity index (χ3v) is 2.47. The number of carbonyl (C=O) groups excluding carboxylic acids is 1. The van der Waals surface area contributed by atoms with Crippen molar-refractivity contribution in [2.75, 3.05) is 7.11 Å². The number of aldehydes is 1. The average Bonchev–Trinajstić information content (AvgIpc) is 2.43. The molecule has 0 N–H and O–H groups in total. The van der Waals surface area contributed by atoms with Crippen molar-refractivity contribution in [3.05, 3.63) is 53.6 Å². The minimum atomic E-state index is -0.821. The fraction of sp³-hybridized carbons (Fsp3) is 0.0714. The van der Waals surface area contributed by atoms with E-state index in [0.717, 1.165) is 0 Å². The highest BCUT2D eigenvalue weighted by Gasteiger charge is 2.16. The van der Waals surface area contributed by atoms with Crippen molar-refractivity contribution in [3.8, 4) is 17.2 Å². The molecule has 0 aliphatic carbocycles. The van der Waals surface area contributed by atoms with Gasteiger partial charge in [-0.3, -0.25) is 4.79 Å². The van der Waals surface area contributed by atoms with Gasteiger partial charge in [0, 0.05) is 0 Å². The van der Waals surface area contributed by atoms with Gasteiger partial charge in [-0.1, -0.05) is 0 Å². The van der Waals surface area contributed by atoms with Gasteiger partial charge in [-0.05, 0) is 36.4 Å². The molecule has 0 fully saturated rings. The molecule has 2 aromatic rings. The maximum atomic E-state index is 14.0. The highest BCUT2D eigenvalue weighted by atomic mass is 19.1. The molecule has 0 aromatic heterocycles. The molecule has 0 spiro atoms. The molecule has 0 heterocycles. The summed E-state index contributed by atoms with van der Waals surface area (Å²) in [7, 11) is 1.35. The molecule has 3 nitrogen and oxygen atoms in total. The number of ether oxygens (including phenoxy) is 2. The zero-order valence-corrected chi connectivity index (χ0v) is 10.0. The second-order valence-corrected chi connectivity index (χ2v) is 3.67. The van der Waals surface area contributed by atoms with Crippen LogP contribution < -0.4 is 9.47 Å². The molecule has 0 radical (unpaired) electrons. The van der Waals surface area contributed by atoms with E-state index in [1.54, 1.807) is 0 Å². The van der Waals surface area contributed by atoms with Crippen molar-refractivity contribution in [3.63, 3.8) is 0 Å². The Kier molecular flexibility index (Phi) is 3.75. The van der Waals surface area contributed by atoms with Crippen molar-refractivity contribution in [1.29, 1.82) is 0 Å². The summed E-state index contributed by atoms with van der Waals surface area (Å²) in [6.07, 6.45) is 0.381. The predicted octanol–water partition coefficient (Wildman–Crippen LogP) is 3.58. The summed E-state index contributed by atoms with van der Waals surface area (Å²) in [5.41, 5.74) is -0.141. The maximum absolute atomic E-state index is 14.0. The highest BCUT2D eigenvalue weighted by molar-refractivity contribution is 5.77. The molecular weight excluding hydrogens is 254 g/mol. The summed E-state index contributed by atoms with van der Waals surface area (Å²) in [6, 6.07) is 7.78. The number of hydrogen-bond donors (Lipinski definition) is 0. The first kappa shape index (κ1) is 13.0. The summed E-state index contributed by atoms with van der Waals surface area (Å²) < 4.78 is 37.0. The van der Waals surface area contributed by atoms with Gasteiger partial charge in [-0.15, -0.1) is 0 Å². The highest BCUT2D eigenvalue weighted by Crippen LogP contribution is 2.35. The van der Waals surface area contributed by atoms with Crippen LogP contribution in [0.15, 0.2) is 36.4 Å². The van der Waals surface area contributed by atoms with E-state index < -0.39 is 11.6 Å². The van der Waals surface area contributed by atoms with Crippen molar-refractivity contribution in [2.45, 2.75) is 0 Å². The van der Waals surface area contributed by atoms with Gasteiger partial charge >= 0.3 is 0 Å². The molecular formula is C14H10F2O3. The monoisotopic (exact) mass is 264 g/mol. The Morgan fingerprint density at radius 2 is 1.74 bits per heavy atom. The first-order valence-corrected chi connectivity index (χ1v) is 5.41. The van der Waals surface area contributed by atoms with Gasteiger partial charge in [0.25, 0.3) is 0 Å². The van der Waals surface area contributed by atoms with E-state index in [1.165, 1.54) is 43.5 Å². The minimum absolute atomic E-state index is 0.141. The molecule has 2 aromatic carbocycles. The van der Waals surface area contributed by atoms with Gasteiger partial charge in [0.05, 0.1) is 12.7 Å². The summed E-state index contributed by atoms with van der Waals surface area (Å²) in [6.45, 7) is 0. The predicted molar refractivity (Wildman–Crippen MR) is 64.8 cm³/mol. The Hall–Kier alpha value is -2.43. The van der Waals surface area contributed by atoms with Crippen molar-refractivity contribution in [2.24, 2.45) is 0 Å². The molecule has 0 atom stereocenters. The van der Waals surface area contributed by atoms with Gasteiger partial charge in [0.1, 0.15) is 11.6 Å².